The van der Waals surface area contributed by atoms with Crippen molar-refractivity contribution in [1.82, 2.24) is 15.3 Å². The molecule has 1 aliphatic rings. The van der Waals surface area contributed by atoms with Crippen LogP contribution in [0.1, 0.15) is 42.5 Å². The Labute approximate surface area is 146 Å². The minimum Gasteiger partial charge on any atom is -0.481 e. The number of amides is 1. The molecule has 1 saturated carbocycles. The number of hydrogen-bond acceptors (Lipinski definition) is 4. The van der Waals surface area contributed by atoms with Gasteiger partial charge in [-0.2, -0.15) is 0 Å². The highest BCUT2D eigenvalue weighted by Crippen LogP contribution is 2.36. The van der Waals surface area contributed by atoms with Crippen molar-refractivity contribution < 1.29 is 14.7 Å². The van der Waals surface area contributed by atoms with Crippen LogP contribution in [0.3, 0.4) is 0 Å². The second-order valence-corrected chi connectivity index (χ2v) is 6.48. The Morgan fingerprint density at radius 1 is 1.12 bits per heavy atom. The molecule has 0 bridgehead atoms. The number of nitrogens with one attached hydrogen (secondary N) is 1. The number of carboxylic acids is 1. The van der Waals surface area contributed by atoms with Crippen LogP contribution in [0, 0.1) is 5.41 Å². The number of carbonyl (C=O) groups excluding carboxylic acids is 1. The Hall–Kier alpha value is -2.76. The van der Waals surface area contributed by atoms with Crippen LogP contribution < -0.4 is 5.32 Å². The summed E-state index contributed by atoms with van der Waals surface area (Å²) in [5.74, 6) is -1.18. The summed E-state index contributed by atoms with van der Waals surface area (Å²) in [5, 5.41) is 12.4. The van der Waals surface area contributed by atoms with Gasteiger partial charge in [-0.15, -0.1) is 0 Å². The summed E-state index contributed by atoms with van der Waals surface area (Å²) < 4.78 is 0. The molecule has 130 valence electrons. The van der Waals surface area contributed by atoms with E-state index in [1.165, 1.54) is 12.5 Å². The van der Waals surface area contributed by atoms with Gasteiger partial charge >= 0.3 is 5.97 Å². The maximum atomic E-state index is 12.7. The van der Waals surface area contributed by atoms with E-state index in [0.717, 1.165) is 24.8 Å². The average molecular weight is 339 g/mol. The minimum absolute atomic E-state index is 0.129. The van der Waals surface area contributed by atoms with Gasteiger partial charge in [0.1, 0.15) is 6.33 Å². The van der Waals surface area contributed by atoms with E-state index in [0.29, 0.717) is 24.1 Å². The first-order valence-electron chi connectivity index (χ1n) is 8.49. The fourth-order valence-electron chi connectivity index (χ4n) is 3.36. The highest BCUT2D eigenvalue weighted by molar-refractivity contribution is 5.99. The number of aromatic nitrogens is 2. The lowest BCUT2D eigenvalue weighted by Gasteiger charge is -2.33. The lowest BCUT2D eigenvalue weighted by Crippen LogP contribution is -2.44. The number of nitrogens with zero attached hydrogens (tertiary/aromatic N) is 2. The molecular weight excluding hydrogens is 318 g/mol. The first-order chi connectivity index (χ1) is 12.1. The van der Waals surface area contributed by atoms with Crippen LogP contribution in [0.25, 0.3) is 11.3 Å². The zero-order valence-electron chi connectivity index (χ0n) is 13.9. The maximum absolute atomic E-state index is 12.7. The van der Waals surface area contributed by atoms with Crippen LogP contribution in [0.15, 0.2) is 42.9 Å². The molecule has 0 atom stereocenters. The van der Waals surface area contributed by atoms with Crippen LogP contribution >= 0.6 is 0 Å². The molecule has 0 unspecified atom stereocenters. The molecule has 25 heavy (non-hydrogen) atoms. The van der Waals surface area contributed by atoms with Gasteiger partial charge in [-0.3, -0.25) is 9.59 Å². The Bertz CT molecular complexity index is 756. The van der Waals surface area contributed by atoms with Crippen LogP contribution in [0.5, 0.6) is 0 Å². The molecule has 2 aromatic rings. The fraction of sp³-hybridized carbons (Fsp3) is 0.368. The fourth-order valence-corrected chi connectivity index (χ4v) is 3.36. The van der Waals surface area contributed by atoms with Crippen LogP contribution in [-0.2, 0) is 4.79 Å². The SMILES string of the molecule is O=C(NCC1(C(=O)O)CCCCC1)c1cncnc1-c1ccccc1. The van der Waals surface area contributed by atoms with Crippen molar-refractivity contribution in [3.05, 3.63) is 48.4 Å². The van der Waals surface area contributed by atoms with E-state index in [4.69, 9.17) is 0 Å². The largest absolute Gasteiger partial charge is 0.481 e. The van der Waals surface area contributed by atoms with E-state index >= 15 is 0 Å². The molecule has 0 aliphatic heterocycles. The van der Waals surface area contributed by atoms with E-state index in [-0.39, 0.29) is 12.5 Å². The summed E-state index contributed by atoms with van der Waals surface area (Å²) in [6, 6.07) is 9.39. The summed E-state index contributed by atoms with van der Waals surface area (Å²) in [6.45, 7) is 0.129. The van der Waals surface area contributed by atoms with E-state index < -0.39 is 11.4 Å². The number of carbonyl (C=O) groups is 2. The molecule has 2 N–H and O–H groups in total. The predicted octanol–water partition coefficient (Wildman–Crippen LogP) is 2.91. The highest BCUT2D eigenvalue weighted by Gasteiger charge is 2.40. The Morgan fingerprint density at radius 3 is 2.52 bits per heavy atom. The third kappa shape index (κ3) is 3.68. The van der Waals surface area contributed by atoms with E-state index in [2.05, 4.69) is 15.3 Å². The van der Waals surface area contributed by atoms with Gasteiger partial charge < -0.3 is 10.4 Å². The lowest BCUT2D eigenvalue weighted by atomic mass is 9.74. The van der Waals surface area contributed by atoms with Gasteiger partial charge in [0.15, 0.2) is 0 Å². The number of aliphatic carboxylic acids is 1. The lowest BCUT2D eigenvalue weighted by molar-refractivity contribution is -0.150. The molecule has 1 aliphatic carbocycles. The summed E-state index contributed by atoms with van der Waals surface area (Å²) in [4.78, 5) is 32.6. The molecule has 0 saturated heterocycles. The van der Waals surface area contributed by atoms with Crippen LogP contribution in [-0.4, -0.2) is 33.5 Å². The Kier molecular flexibility index (Phi) is 5.07. The monoisotopic (exact) mass is 339 g/mol. The second-order valence-electron chi connectivity index (χ2n) is 6.48. The average Bonchev–Trinajstić information content (AvgIpc) is 2.67. The molecule has 6 nitrogen and oxygen atoms in total. The summed E-state index contributed by atoms with van der Waals surface area (Å²) in [7, 11) is 0. The van der Waals surface area contributed by atoms with Crippen LogP contribution in [0.4, 0.5) is 0 Å². The van der Waals surface area contributed by atoms with Crippen molar-refractivity contribution in [2.24, 2.45) is 5.41 Å². The van der Waals surface area contributed by atoms with Gasteiger partial charge in [-0.05, 0) is 12.8 Å². The summed E-state index contributed by atoms with van der Waals surface area (Å²) in [5.41, 5.74) is 0.850. The third-order valence-corrected chi connectivity index (χ3v) is 4.86. The molecule has 0 spiro atoms. The van der Waals surface area contributed by atoms with E-state index in [1.807, 2.05) is 30.3 Å². The van der Waals surface area contributed by atoms with Crippen molar-refractivity contribution in [2.75, 3.05) is 6.54 Å². The first kappa shape index (κ1) is 17.1. The van der Waals surface area contributed by atoms with Crippen molar-refractivity contribution in [2.45, 2.75) is 32.1 Å². The van der Waals surface area contributed by atoms with Gasteiger partial charge in [0.05, 0.1) is 16.7 Å². The maximum Gasteiger partial charge on any atom is 0.311 e. The van der Waals surface area contributed by atoms with E-state index in [9.17, 15) is 14.7 Å². The molecule has 1 aromatic carbocycles. The Balaban J connectivity index is 1.79. The normalized spacial score (nSPS) is 16.2. The summed E-state index contributed by atoms with van der Waals surface area (Å²) in [6.07, 6.45) is 6.88. The number of carboxylic acid groups (broad SMARTS) is 1. The quantitative estimate of drug-likeness (QED) is 0.874. The van der Waals surface area contributed by atoms with Gasteiger partial charge in [-0.25, -0.2) is 9.97 Å². The van der Waals surface area contributed by atoms with Gasteiger partial charge in [0.25, 0.3) is 5.91 Å². The molecule has 1 heterocycles. The molecule has 1 aromatic heterocycles. The van der Waals surface area contributed by atoms with Gasteiger partial charge in [0, 0.05) is 18.3 Å². The second kappa shape index (κ2) is 7.42. The third-order valence-electron chi connectivity index (χ3n) is 4.86. The number of benzene rings is 1. The number of hydrogen-bond donors (Lipinski definition) is 2. The van der Waals surface area contributed by atoms with Crippen molar-refractivity contribution in [3.63, 3.8) is 0 Å². The van der Waals surface area contributed by atoms with Gasteiger partial charge in [0.2, 0.25) is 0 Å². The van der Waals surface area contributed by atoms with E-state index in [1.54, 1.807) is 0 Å². The zero-order chi connectivity index (χ0) is 17.7. The first-order valence-corrected chi connectivity index (χ1v) is 8.49. The topological polar surface area (TPSA) is 92.2 Å². The Morgan fingerprint density at radius 2 is 1.84 bits per heavy atom. The molecule has 0 radical (unpaired) electrons. The minimum atomic E-state index is -0.865. The standard InChI is InChI=1S/C19H21N3O3/c23-17(21-12-19(18(24)25)9-5-2-6-10-19)15-11-20-13-22-16(15)14-7-3-1-4-8-14/h1,3-4,7-8,11,13H,2,5-6,9-10,12H2,(H,21,23)(H,24,25). The molecule has 1 fully saturated rings. The molecule has 6 heteroatoms. The predicted molar refractivity (Wildman–Crippen MR) is 93.0 cm³/mol. The van der Waals surface area contributed by atoms with Crippen LogP contribution in [0.2, 0.25) is 0 Å². The zero-order valence-corrected chi connectivity index (χ0v) is 13.9. The smallest absolute Gasteiger partial charge is 0.311 e. The summed E-state index contributed by atoms with van der Waals surface area (Å²) >= 11 is 0. The van der Waals surface area contributed by atoms with Crippen molar-refractivity contribution >= 4 is 11.9 Å². The van der Waals surface area contributed by atoms with Gasteiger partial charge in [-0.1, -0.05) is 49.6 Å². The molecule has 1 amide bonds. The van der Waals surface area contributed by atoms with Crippen molar-refractivity contribution in [1.29, 1.82) is 0 Å². The molecular formula is C19H21N3O3. The van der Waals surface area contributed by atoms with Crippen molar-refractivity contribution in [3.8, 4) is 11.3 Å². The molecule has 3 rings (SSSR count). The number of rotatable bonds is 5. The highest BCUT2D eigenvalue weighted by atomic mass is 16.4.